The molecule has 2 aromatic carbocycles. The third-order valence-electron chi connectivity index (χ3n) is 2.62. The van der Waals surface area contributed by atoms with E-state index in [4.69, 9.17) is 11.6 Å². The molecule has 0 aliphatic heterocycles. The molecule has 0 aliphatic rings. The van der Waals surface area contributed by atoms with Crippen molar-refractivity contribution < 1.29 is 13.2 Å². The fraction of sp³-hybridized carbons (Fsp3) is 0.0714. The summed E-state index contributed by atoms with van der Waals surface area (Å²) in [5, 5.41) is 0.432. The highest BCUT2D eigenvalue weighted by atomic mass is 35.5. The topological polar surface area (TPSA) is 63.2 Å². The zero-order valence-electron chi connectivity index (χ0n) is 10.4. The number of ketones is 1. The van der Waals surface area contributed by atoms with Crippen LogP contribution in [0.4, 0.5) is 0 Å². The lowest BCUT2D eigenvalue weighted by atomic mass is 10.1. The summed E-state index contributed by atoms with van der Waals surface area (Å²) in [6.07, 6.45) is 0. The average Bonchev–Trinajstić information content (AvgIpc) is 2.46. The summed E-state index contributed by atoms with van der Waals surface area (Å²) in [4.78, 5) is 12.0. The fourth-order valence-corrected chi connectivity index (χ4v) is 2.80. The number of hydrogen-bond donors (Lipinski definition) is 1. The first-order valence-electron chi connectivity index (χ1n) is 5.82. The summed E-state index contributed by atoms with van der Waals surface area (Å²) >= 11 is 5.78. The second-order valence-electron chi connectivity index (χ2n) is 4.07. The maximum Gasteiger partial charge on any atom is 0.240 e. The van der Waals surface area contributed by atoms with E-state index in [9.17, 15) is 13.2 Å². The van der Waals surface area contributed by atoms with Crippen LogP contribution in [-0.2, 0) is 10.0 Å². The van der Waals surface area contributed by atoms with Gasteiger partial charge in [-0.25, -0.2) is 13.1 Å². The molecular weight excluding hydrogens is 298 g/mol. The quantitative estimate of drug-likeness (QED) is 0.863. The third kappa shape index (κ3) is 3.66. The molecule has 2 rings (SSSR count). The normalized spacial score (nSPS) is 11.2. The van der Waals surface area contributed by atoms with Gasteiger partial charge in [-0.1, -0.05) is 41.9 Å². The molecule has 20 heavy (non-hydrogen) atoms. The minimum atomic E-state index is -3.68. The minimum Gasteiger partial charge on any atom is -0.293 e. The van der Waals surface area contributed by atoms with E-state index in [0.29, 0.717) is 10.6 Å². The summed E-state index contributed by atoms with van der Waals surface area (Å²) in [6, 6.07) is 14.3. The zero-order valence-corrected chi connectivity index (χ0v) is 12.0. The predicted molar refractivity (Wildman–Crippen MR) is 77.4 cm³/mol. The van der Waals surface area contributed by atoms with Crippen molar-refractivity contribution >= 4 is 27.4 Å². The second kappa shape index (κ2) is 6.17. The molecule has 6 heteroatoms. The lowest BCUT2D eigenvalue weighted by molar-refractivity contribution is 0.0997. The molecule has 0 fully saturated rings. The van der Waals surface area contributed by atoms with E-state index >= 15 is 0 Å². The molecular formula is C14H12ClNO3S. The van der Waals surface area contributed by atoms with Crippen molar-refractivity contribution in [2.75, 3.05) is 6.54 Å². The maximum atomic E-state index is 11.9. The molecule has 0 radical (unpaired) electrons. The summed E-state index contributed by atoms with van der Waals surface area (Å²) in [7, 11) is -3.68. The van der Waals surface area contributed by atoms with Gasteiger partial charge in [-0.3, -0.25) is 4.79 Å². The molecule has 2 aromatic rings. The smallest absolute Gasteiger partial charge is 0.240 e. The summed E-state index contributed by atoms with van der Waals surface area (Å²) in [5.41, 5.74) is 0.369. The Morgan fingerprint density at radius 2 is 1.75 bits per heavy atom. The van der Waals surface area contributed by atoms with Crippen molar-refractivity contribution in [3.05, 3.63) is 65.2 Å². The van der Waals surface area contributed by atoms with Crippen LogP contribution in [0.2, 0.25) is 5.02 Å². The first-order valence-corrected chi connectivity index (χ1v) is 7.68. The number of halogens is 1. The van der Waals surface area contributed by atoms with Crippen molar-refractivity contribution in [2.45, 2.75) is 4.90 Å². The zero-order chi connectivity index (χ0) is 14.6. The summed E-state index contributed by atoms with van der Waals surface area (Å²) in [6.45, 7) is -0.308. The molecule has 104 valence electrons. The van der Waals surface area contributed by atoms with Crippen LogP contribution in [0.1, 0.15) is 10.4 Å². The van der Waals surface area contributed by atoms with Gasteiger partial charge in [0.2, 0.25) is 10.0 Å². The Hall–Kier alpha value is -1.69. The van der Waals surface area contributed by atoms with E-state index in [0.717, 1.165) is 0 Å². The van der Waals surface area contributed by atoms with Gasteiger partial charge in [-0.2, -0.15) is 0 Å². The molecule has 0 saturated carbocycles. The number of sulfonamides is 1. The number of hydrogen-bond acceptors (Lipinski definition) is 3. The van der Waals surface area contributed by atoms with Crippen LogP contribution >= 0.6 is 11.6 Å². The van der Waals surface area contributed by atoms with Gasteiger partial charge in [0.1, 0.15) is 0 Å². The summed E-state index contributed by atoms with van der Waals surface area (Å²) in [5.74, 6) is -0.341. The van der Waals surface area contributed by atoms with Gasteiger partial charge in [0.05, 0.1) is 11.4 Å². The van der Waals surface area contributed by atoms with E-state index in [1.807, 2.05) is 0 Å². The van der Waals surface area contributed by atoms with E-state index < -0.39 is 10.0 Å². The van der Waals surface area contributed by atoms with Gasteiger partial charge in [0.25, 0.3) is 0 Å². The average molecular weight is 310 g/mol. The van der Waals surface area contributed by atoms with Crippen LogP contribution in [0.3, 0.4) is 0 Å². The van der Waals surface area contributed by atoms with Gasteiger partial charge < -0.3 is 0 Å². The second-order valence-corrected chi connectivity index (χ2v) is 6.27. The molecule has 1 N–H and O–H groups in total. The molecule has 0 unspecified atom stereocenters. The Balaban J connectivity index is 2.07. The van der Waals surface area contributed by atoms with Gasteiger partial charge in [-0.15, -0.1) is 0 Å². The van der Waals surface area contributed by atoms with Crippen molar-refractivity contribution in [1.82, 2.24) is 4.72 Å². The van der Waals surface area contributed by atoms with E-state index in [1.165, 1.54) is 18.2 Å². The Morgan fingerprint density at radius 3 is 2.40 bits per heavy atom. The Labute approximate surface area is 122 Å². The molecule has 0 spiro atoms. The third-order valence-corrected chi connectivity index (χ3v) is 4.28. The van der Waals surface area contributed by atoms with E-state index in [2.05, 4.69) is 4.72 Å². The van der Waals surface area contributed by atoms with Crippen LogP contribution in [0, 0.1) is 0 Å². The molecule has 0 amide bonds. The monoisotopic (exact) mass is 309 g/mol. The lowest BCUT2D eigenvalue weighted by Gasteiger charge is -2.06. The van der Waals surface area contributed by atoms with Gasteiger partial charge >= 0.3 is 0 Å². The van der Waals surface area contributed by atoms with Crippen LogP contribution in [0.5, 0.6) is 0 Å². The summed E-state index contributed by atoms with van der Waals surface area (Å²) < 4.78 is 26.2. The number of Topliss-reactive ketones (excluding diaryl/α,β-unsaturated/α-hetero) is 1. The first-order chi connectivity index (χ1) is 9.49. The van der Waals surface area contributed by atoms with Crippen LogP contribution in [0.25, 0.3) is 0 Å². The Morgan fingerprint density at radius 1 is 1.05 bits per heavy atom. The number of benzene rings is 2. The predicted octanol–water partition coefficient (Wildman–Crippen LogP) is 2.50. The number of nitrogens with one attached hydrogen (secondary N) is 1. The van der Waals surface area contributed by atoms with E-state index in [-0.39, 0.29) is 17.2 Å². The van der Waals surface area contributed by atoms with Crippen molar-refractivity contribution in [3.63, 3.8) is 0 Å². The molecule has 0 heterocycles. The van der Waals surface area contributed by atoms with Crippen LogP contribution < -0.4 is 4.72 Å². The Kier molecular flexibility index (Phi) is 4.54. The van der Waals surface area contributed by atoms with Crippen LogP contribution in [-0.4, -0.2) is 20.7 Å². The van der Waals surface area contributed by atoms with Crippen LogP contribution in [0.15, 0.2) is 59.5 Å². The molecule has 0 bridgehead atoms. The standard InChI is InChI=1S/C14H12ClNO3S/c15-12-6-4-5-11(9-12)14(17)10-16-20(18,19)13-7-2-1-3-8-13/h1-9,16H,10H2. The van der Waals surface area contributed by atoms with Gasteiger partial charge in [0, 0.05) is 10.6 Å². The van der Waals surface area contributed by atoms with E-state index in [1.54, 1.807) is 36.4 Å². The minimum absolute atomic E-state index is 0.124. The molecule has 4 nitrogen and oxygen atoms in total. The maximum absolute atomic E-state index is 11.9. The largest absolute Gasteiger partial charge is 0.293 e. The lowest BCUT2D eigenvalue weighted by Crippen LogP contribution is -2.29. The molecule has 0 atom stereocenters. The van der Waals surface area contributed by atoms with Gasteiger partial charge in [0.15, 0.2) is 5.78 Å². The molecule has 0 saturated heterocycles. The fourth-order valence-electron chi connectivity index (χ4n) is 1.61. The number of carbonyl (C=O) groups excluding carboxylic acids is 1. The highest BCUT2D eigenvalue weighted by Gasteiger charge is 2.15. The highest BCUT2D eigenvalue weighted by molar-refractivity contribution is 7.89. The first kappa shape index (κ1) is 14.7. The number of rotatable bonds is 5. The molecule has 0 aromatic heterocycles. The van der Waals surface area contributed by atoms with Crippen molar-refractivity contribution in [3.8, 4) is 0 Å². The Bertz CT molecular complexity index is 714. The highest BCUT2D eigenvalue weighted by Crippen LogP contribution is 2.11. The molecule has 0 aliphatic carbocycles. The van der Waals surface area contributed by atoms with Gasteiger partial charge in [-0.05, 0) is 24.3 Å². The SMILES string of the molecule is O=C(CNS(=O)(=O)c1ccccc1)c1cccc(Cl)c1. The number of carbonyl (C=O) groups is 1. The van der Waals surface area contributed by atoms with Crippen molar-refractivity contribution in [1.29, 1.82) is 0 Å². The van der Waals surface area contributed by atoms with Crippen molar-refractivity contribution in [2.24, 2.45) is 0 Å².